The number of nitrogens with one attached hydrogen (secondary N) is 1. The van der Waals surface area contributed by atoms with E-state index >= 15 is 4.39 Å². The van der Waals surface area contributed by atoms with Crippen LogP contribution >= 0.6 is 0 Å². The maximum atomic E-state index is 15.2. The van der Waals surface area contributed by atoms with E-state index in [-0.39, 0.29) is 11.7 Å². The van der Waals surface area contributed by atoms with Gasteiger partial charge in [-0.2, -0.15) is 9.61 Å². The van der Waals surface area contributed by atoms with Gasteiger partial charge >= 0.3 is 0 Å². The van der Waals surface area contributed by atoms with Crippen molar-refractivity contribution >= 4 is 28.2 Å². The zero-order chi connectivity index (χ0) is 40.5. The van der Waals surface area contributed by atoms with Gasteiger partial charge in [0.05, 0.1) is 44.4 Å². The lowest BCUT2D eigenvalue weighted by Crippen LogP contribution is -2.40. The number of fused-ring (bicyclic) bond motifs is 3. The Morgan fingerprint density at radius 1 is 0.780 bits per heavy atom. The average Bonchev–Trinajstić information content (AvgIpc) is 3.92. The summed E-state index contributed by atoms with van der Waals surface area (Å²) in [6.07, 6.45) is 3.82. The van der Waals surface area contributed by atoms with E-state index in [0.717, 1.165) is 53.0 Å². The Kier molecular flexibility index (Phi) is 10.1. The fourth-order valence-electron chi connectivity index (χ4n) is 8.60. The summed E-state index contributed by atoms with van der Waals surface area (Å²) in [5.74, 6) is 2.09. The number of nitrogens with zero attached hydrogens (tertiary/aromatic N) is 7. The van der Waals surface area contributed by atoms with Gasteiger partial charge in [0.1, 0.15) is 17.0 Å². The lowest BCUT2D eigenvalue weighted by molar-refractivity contribution is 0.387. The molecule has 1 aliphatic rings. The number of ether oxygens (including phenoxy) is 3. The Labute approximate surface area is 342 Å². The van der Waals surface area contributed by atoms with Crippen LogP contribution in [0, 0.1) is 12.7 Å². The van der Waals surface area contributed by atoms with Gasteiger partial charge in [0, 0.05) is 48.6 Å². The molecule has 0 aliphatic carbocycles. The molecule has 1 unspecified atom stereocenters. The molecule has 1 fully saturated rings. The monoisotopic (exact) mass is 788 g/mol. The minimum Gasteiger partial charge on any atom is -0.497 e. The Bertz CT molecular complexity index is 2640. The van der Waals surface area contributed by atoms with Crippen LogP contribution in [-0.4, -0.2) is 63.8 Å². The summed E-state index contributed by atoms with van der Waals surface area (Å²) >= 11 is 0. The van der Waals surface area contributed by atoms with Crippen LogP contribution in [0.4, 0.5) is 16.0 Å². The van der Waals surface area contributed by atoms with Gasteiger partial charge in [-0.05, 0) is 54.7 Å². The van der Waals surface area contributed by atoms with E-state index in [0.29, 0.717) is 52.9 Å². The normalized spacial score (nSPS) is 14.5. The zero-order valence-corrected chi connectivity index (χ0v) is 33.5. The van der Waals surface area contributed by atoms with Crippen molar-refractivity contribution in [3.63, 3.8) is 0 Å². The van der Waals surface area contributed by atoms with E-state index in [9.17, 15) is 0 Å². The van der Waals surface area contributed by atoms with Gasteiger partial charge in [-0.3, -0.25) is 0 Å². The van der Waals surface area contributed by atoms with Gasteiger partial charge in [-0.1, -0.05) is 91.0 Å². The van der Waals surface area contributed by atoms with Crippen LogP contribution in [0.3, 0.4) is 0 Å². The Balaban J connectivity index is 1.10. The van der Waals surface area contributed by atoms with Crippen molar-refractivity contribution in [1.82, 2.24) is 29.4 Å². The maximum absolute atomic E-state index is 15.2. The van der Waals surface area contributed by atoms with Crippen LogP contribution in [-0.2, 0) is 12.1 Å². The Morgan fingerprint density at radius 2 is 1.44 bits per heavy atom. The molecule has 0 radical (unpaired) electrons. The highest BCUT2D eigenvalue weighted by molar-refractivity contribution is 5.93. The van der Waals surface area contributed by atoms with Crippen LogP contribution < -0.4 is 24.4 Å². The number of hydrogen-bond donors (Lipinski definition) is 1. The highest BCUT2D eigenvalue weighted by Gasteiger charge is 2.41. The van der Waals surface area contributed by atoms with Gasteiger partial charge in [0.15, 0.2) is 23.0 Å². The van der Waals surface area contributed by atoms with Gasteiger partial charge in [-0.25, -0.2) is 19.0 Å². The predicted octanol–water partition coefficient (Wildman–Crippen LogP) is 8.78. The summed E-state index contributed by atoms with van der Waals surface area (Å²) in [6, 6.07) is 40.5. The molecular formula is C47H45FN8O3. The molecule has 4 heterocycles. The van der Waals surface area contributed by atoms with Gasteiger partial charge < -0.3 is 24.4 Å². The smallest absolute Gasteiger partial charge is 0.226 e. The maximum Gasteiger partial charge on any atom is 0.226 e. The number of hydrogen-bond acceptors (Lipinski definition) is 9. The number of rotatable bonds is 12. The summed E-state index contributed by atoms with van der Waals surface area (Å²) in [4.78, 5) is 12.4. The number of benzene rings is 5. The van der Waals surface area contributed by atoms with E-state index in [1.54, 1.807) is 24.8 Å². The second kappa shape index (κ2) is 15.8. The molecule has 0 spiro atoms. The van der Waals surface area contributed by atoms with Gasteiger partial charge in [-0.15, -0.1) is 5.10 Å². The SMILES string of the molecule is COc1ccc(CNc2nc3cc(OC)c(F)cc3c3nc(C4CCCN(c5cnn(C(c6ccccc6)(c6ccccc6)c6ccccc6)c5C)C4)nn23)c(OC)c1. The number of halogens is 1. The van der Waals surface area contributed by atoms with Crippen LogP contribution in [0.25, 0.3) is 16.6 Å². The number of aromatic nitrogens is 6. The molecule has 1 aliphatic heterocycles. The molecule has 5 aromatic carbocycles. The molecular weight excluding hydrogens is 744 g/mol. The lowest BCUT2D eigenvalue weighted by atomic mass is 9.77. The molecule has 11 nitrogen and oxygen atoms in total. The predicted molar refractivity (Wildman–Crippen MR) is 227 cm³/mol. The lowest BCUT2D eigenvalue weighted by Gasteiger charge is -2.38. The minimum atomic E-state index is -0.726. The van der Waals surface area contributed by atoms with Crippen LogP contribution in [0.1, 0.15) is 52.5 Å². The largest absolute Gasteiger partial charge is 0.497 e. The van der Waals surface area contributed by atoms with Crippen molar-refractivity contribution in [2.24, 2.45) is 0 Å². The van der Waals surface area contributed by atoms with Crippen molar-refractivity contribution in [2.45, 2.75) is 37.8 Å². The Hall–Kier alpha value is -6.95. The zero-order valence-electron chi connectivity index (χ0n) is 33.5. The first kappa shape index (κ1) is 37.6. The van der Waals surface area contributed by atoms with E-state index in [2.05, 4.69) is 113 Å². The summed E-state index contributed by atoms with van der Waals surface area (Å²) < 4.78 is 35.5. The molecule has 0 bridgehead atoms. The fraction of sp³-hybridized carbons (Fsp3) is 0.234. The van der Waals surface area contributed by atoms with Crippen LogP contribution in [0.2, 0.25) is 0 Å². The minimum absolute atomic E-state index is 0.0128. The first-order valence-corrected chi connectivity index (χ1v) is 19.8. The third-order valence-corrected chi connectivity index (χ3v) is 11.5. The van der Waals surface area contributed by atoms with Crippen molar-refractivity contribution in [3.05, 3.63) is 167 Å². The molecule has 3 aromatic heterocycles. The second-order valence-corrected chi connectivity index (χ2v) is 14.8. The molecule has 12 heteroatoms. The standard InChI is InChI=1S/C47H45FN8O3/c1-31-41(29-50-56(31)47(34-16-8-5-9-17-34,35-18-10-6-11-19-35)36-20-12-7-13-21-36)54-24-14-15-33(30-54)44-52-45-38-26-39(48)43(59-4)27-40(38)51-46(55(45)53-44)49-28-32-22-23-37(57-2)25-42(32)58-3/h5-13,16-23,25-27,29,33H,14-15,24,28,30H2,1-4H3,(H,49,51). The average molecular weight is 789 g/mol. The van der Waals surface area contributed by atoms with E-state index in [1.165, 1.54) is 13.2 Å². The van der Waals surface area contributed by atoms with Gasteiger partial charge in [0.25, 0.3) is 0 Å². The third kappa shape index (κ3) is 6.64. The molecule has 9 rings (SSSR count). The quantitative estimate of drug-likeness (QED) is 0.122. The van der Waals surface area contributed by atoms with Crippen molar-refractivity contribution in [1.29, 1.82) is 0 Å². The van der Waals surface area contributed by atoms with Crippen LogP contribution in [0.5, 0.6) is 17.2 Å². The summed E-state index contributed by atoms with van der Waals surface area (Å²) in [5, 5.41) is 14.3. The molecule has 59 heavy (non-hydrogen) atoms. The topological polar surface area (TPSA) is 104 Å². The first-order valence-electron chi connectivity index (χ1n) is 19.8. The van der Waals surface area contributed by atoms with E-state index in [1.807, 2.05) is 24.4 Å². The van der Waals surface area contributed by atoms with Gasteiger partial charge in [0.2, 0.25) is 5.95 Å². The molecule has 0 saturated carbocycles. The van der Waals surface area contributed by atoms with E-state index < -0.39 is 11.4 Å². The number of piperidine rings is 1. The molecule has 1 N–H and O–H groups in total. The summed E-state index contributed by atoms with van der Waals surface area (Å²) in [5.41, 5.74) is 6.67. The molecule has 298 valence electrons. The molecule has 1 saturated heterocycles. The van der Waals surface area contributed by atoms with Crippen molar-refractivity contribution < 1.29 is 18.6 Å². The summed E-state index contributed by atoms with van der Waals surface area (Å²) in [7, 11) is 4.69. The second-order valence-electron chi connectivity index (χ2n) is 14.8. The van der Waals surface area contributed by atoms with Crippen molar-refractivity contribution in [2.75, 3.05) is 44.6 Å². The molecule has 1 atom stereocenters. The Morgan fingerprint density at radius 3 is 2.07 bits per heavy atom. The molecule has 8 aromatic rings. The van der Waals surface area contributed by atoms with Crippen LogP contribution in [0.15, 0.2) is 128 Å². The van der Waals surface area contributed by atoms with E-state index in [4.69, 9.17) is 34.4 Å². The first-order chi connectivity index (χ1) is 28.9. The fourth-order valence-corrected chi connectivity index (χ4v) is 8.60. The molecule has 0 amide bonds. The number of methoxy groups -OCH3 is 3. The number of anilines is 2. The summed E-state index contributed by atoms with van der Waals surface area (Å²) in [6.45, 7) is 4.08. The highest BCUT2D eigenvalue weighted by Crippen LogP contribution is 2.43. The van der Waals surface area contributed by atoms with Crippen molar-refractivity contribution in [3.8, 4) is 17.2 Å². The third-order valence-electron chi connectivity index (χ3n) is 11.5. The highest BCUT2D eigenvalue weighted by atomic mass is 19.1.